The van der Waals surface area contributed by atoms with Crippen molar-refractivity contribution in [3.05, 3.63) is 64.7 Å². The Balaban J connectivity index is 1.90. The number of rotatable bonds is 3. The van der Waals surface area contributed by atoms with E-state index in [1.54, 1.807) is 0 Å². The summed E-state index contributed by atoms with van der Waals surface area (Å²) in [4.78, 5) is 0. The van der Waals surface area contributed by atoms with Gasteiger partial charge in [0.05, 0.1) is 0 Å². The van der Waals surface area contributed by atoms with Crippen LogP contribution < -0.4 is 10.6 Å². The molecule has 0 aliphatic heterocycles. The lowest BCUT2D eigenvalue weighted by molar-refractivity contribution is 0.925. The lowest BCUT2D eigenvalue weighted by Gasteiger charge is -2.13. The summed E-state index contributed by atoms with van der Waals surface area (Å²) >= 11 is 5.33. The van der Waals surface area contributed by atoms with Gasteiger partial charge in [0.25, 0.3) is 0 Å². The van der Waals surface area contributed by atoms with E-state index in [0.717, 1.165) is 12.2 Å². The molecule has 0 aliphatic rings. The topological polar surface area (TPSA) is 24.1 Å². The highest BCUT2D eigenvalue weighted by Crippen LogP contribution is 2.15. The number of nitrogens with one attached hydrogen (secondary N) is 2. The zero-order valence-electron chi connectivity index (χ0n) is 12.2. The number of hydrogen-bond acceptors (Lipinski definition) is 1. The molecule has 0 radical (unpaired) electrons. The minimum atomic E-state index is 0.650. The first-order valence-corrected chi connectivity index (χ1v) is 7.13. The highest BCUT2D eigenvalue weighted by Gasteiger charge is 2.01. The highest BCUT2D eigenvalue weighted by atomic mass is 32.1. The van der Waals surface area contributed by atoms with Crippen LogP contribution in [0.4, 0.5) is 5.69 Å². The van der Waals surface area contributed by atoms with Gasteiger partial charge in [-0.1, -0.05) is 47.5 Å². The maximum Gasteiger partial charge on any atom is 0.171 e. The second-order valence-corrected chi connectivity index (χ2v) is 5.52. The lowest BCUT2D eigenvalue weighted by atomic mass is 10.1. The Bertz CT molecular complexity index is 603. The van der Waals surface area contributed by atoms with E-state index in [1.807, 2.05) is 0 Å². The Morgan fingerprint density at radius 2 is 1.60 bits per heavy atom. The Labute approximate surface area is 126 Å². The van der Waals surface area contributed by atoms with Gasteiger partial charge in [-0.25, -0.2) is 0 Å². The van der Waals surface area contributed by atoms with Gasteiger partial charge in [-0.2, -0.15) is 0 Å². The first kappa shape index (κ1) is 14.5. The fraction of sp³-hybridized carbons (Fsp3) is 0.235. The molecule has 2 aromatic rings. The molecule has 3 heteroatoms. The van der Waals surface area contributed by atoms with Crippen LogP contribution in [0.25, 0.3) is 0 Å². The van der Waals surface area contributed by atoms with E-state index in [9.17, 15) is 0 Å². The maximum atomic E-state index is 5.33. The molecule has 0 amide bonds. The van der Waals surface area contributed by atoms with E-state index in [0.29, 0.717) is 5.11 Å². The van der Waals surface area contributed by atoms with E-state index < -0.39 is 0 Å². The highest BCUT2D eigenvalue weighted by molar-refractivity contribution is 7.80. The molecule has 104 valence electrons. The predicted molar refractivity (Wildman–Crippen MR) is 90.2 cm³/mol. The molecular weight excluding hydrogens is 264 g/mol. The molecule has 2 N–H and O–H groups in total. The monoisotopic (exact) mass is 284 g/mol. The summed E-state index contributed by atoms with van der Waals surface area (Å²) in [6.07, 6.45) is 0. The van der Waals surface area contributed by atoms with Crippen LogP contribution >= 0.6 is 12.2 Å². The summed E-state index contributed by atoms with van der Waals surface area (Å²) in [6, 6.07) is 14.7. The fourth-order valence-electron chi connectivity index (χ4n) is 2.01. The fourth-order valence-corrected chi connectivity index (χ4v) is 2.19. The van der Waals surface area contributed by atoms with E-state index in [-0.39, 0.29) is 0 Å². The van der Waals surface area contributed by atoms with E-state index in [2.05, 4.69) is 73.9 Å². The second-order valence-electron chi connectivity index (χ2n) is 5.11. The molecule has 2 aromatic carbocycles. The Morgan fingerprint density at radius 3 is 2.25 bits per heavy atom. The van der Waals surface area contributed by atoms with Crippen molar-refractivity contribution >= 4 is 23.0 Å². The molecule has 0 heterocycles. The number of benzene rings is 2. The summed E-state index contributed by atoms with van der Waals surface area (Å²) in [5.74, 6) is 0. The minimum Gasteiger partial charge on any atom is -0.358 e. The van der Waals surface area contributed by atoms with Gasteiger partial charge in [0.15, 0.2) is 5.11 Å². The average Bonchev–Trinajstić information content (AvgIpc) is 2.41. The predicted octanol–water partition coefficient (Wildman–Crippen LogP) is 4.10. The maximum absolute atomic E-state index is 5.33. The van der Waals surface area contributed by atoms with Crippen molar-refractivity contribution in [3.8, 4) is 0 Å². The Hall–Kier alpha value is -1.87. The summed E-state index contributed by atoms with van der Waals surface area (Å²) in [5.41, 5.74) is 6.00. The number of hydrogen-bond donors (Lipinski definition) is 2. The van der Waals surface area contributed by atoms with E-state index in [1.165, 1.54) is 22.3 Å². The smallest absolute Gasteiger partial charge is 0.171 e. The van der Waals surface area contributed by atoms with Crippen LogP contribution in [0.3, 0.4) is 0 Å². The van der Waals surface area contributed by atoms with Crippen LogP contribution in [0.15, 0.2) is 42.5 Å². The molecule has 0 spiro atoms. The van der Waals surface area contributed by atoms with Crippen molar-refractivity contribution in [1.82, 2.24) is 5.32 Å². The first-order chi connectivity index (χ1) is 9.54. The van der Waals surface area contributed by atoms with Crippen LogP contribution in [0.2, 0.25) is 0 Å². The van der Waals surface area contributed by atoms with Crippen molar-refractivity contribution in [2.75, 3.05) is 5.32 Å². The van der Waals surface area contributed by atoms with Gasteiger partial charge in [-0.15, -0.1) is 0 Å². The molecule has 0 unspecified atom stereocenters. The number of thiocarbonyl (C=S) groups is 1. The largest absolute Gasteiger partial charge is 0.358 e. The molecule has 0 aromatic heterocycles. The summed E-state index contributed by atoms with van der Waals surface area (Å²) in [5, 5.41) is 7.12. The molecule has 20 heavy (non-hydrogen) atoms. The van der Waals surface area contributed by atoms with Crippen molar-refractivity contribution < 1.29 is 0 Å². The molecule has 0 bridgehead atoms. The van der Waals surface area contributed by atoms with E-state index in [4.69, 9.17) is 12.2 Å². The zero-order chi connectivity index (χ0) is 14.5. The molecule has 2 nitrogen and oxygen atoms in total. The van der Waals surface area contributed by atoms with Crippen LogP contribution in [0.1, 0.15) is 22.3 Å². The molecule has 0 atom stereocenters. The molecule has 0 saturated heterocycles. The summed E-state index contributed by atoms with van der Waals surface area (Å²) in [7, 11) is 0. The van der Waals surface area contributed by atoms with Crippen LogP contribution in [0.5, 0.6) is 0 Å². The molecule has 2 rings (SSSR count). The quantitative estimate of drug-likeness (QED) is 0.830. The Morgan fingerprint density at radius 1 is 0.950 bits per heavy atom. The summed E-state index contributed by atoms with van der Waals surface area (Å²) < 4.78 is 0. The first-order valence-electron chi connectivity index (χ1n) is 6.72. The minimum absolute atomic E-state index is 0.650. The third-order valence-electron chi connectivity index (χ3n) is 3.20. The third-order valence-corrected chi connectivity index (χ3v) is 3.45. The lowest BCUT2D eigenvalue weighted by Crippen LogP contribution is -2.28. The standard InChI is InChI=1S/C17H20N2S/c1-12-4-7-15(8-5-12)11-18-17(20)19-16-9-6-13(2)10-14(16)3/h4-10H,11H2,1-3H3,(H2,18,19,20). The van der Waals surface area contributed by atoms with Gasteiger partial charge in [0.1, 0.15) is 0 Å². The van der Waals surface area contributed by atoms with Crippen LogP contribution in [0, 0.1) is 20.8 Å². The number of aryl methyl sites for hydroxylation is 3. The van der Waals surface area contributed by atoms with Gasteiger partial charge in [0, 0.05) is 12.2 Å². The van der Waals surface area contributed by atoms with Crippen LogP contribution in [-0.2, 0) is 6.54 Å². The number of anilines is 1. The van der Waals surface area contributed by atoms with Gasteiger partial charge in [-0.3, -0.25) is 0 Å². The van der Waals surface area contributed by atoms with Crippen molar-refractivity contribution in [2.45, 2.75) is 27.3 Å². The SMILES string of the molecule is Cc1ccc(CNC(=S)Nc2ccc(C)cc2C)cc1. The average molecular weight is 284 g/mol. The Kier molecular flexibility index (Phi) is 4.74. The third kappa shape index (κ3) is 4.07. The zero-order valence-corrected chi connectivity index (χ0v) is 13.0. The van der Waals surface area contributed by atoms with Crippen molar-refractivity contribution in [1.29, 1.82) is 0 Å². The summed E-state index contributed by atoms with van der Waals surface area (Å²) in [6.45, 7) is 6.99. The second kappa shape index (κ2) is 6.53. The van der Waals surface area contributed by atoms with Gasteiger partial charge in [-0.05, 0) is 50.2 Å². The van der Waals surface area contributed by atoms with Gasteiger partial charge in [0.2, 0.25) is 0 Å². The molecular formula is C17H20N2S. The van der Waals surface area contributed by atoms with Gasteiger partial charge < -0.3 is 10.6 Å². The molecule has 0 fully saturated rings. The van der Waals surface area contributed by atoms with Crippen molar-refractivity contribution in [2.24, 2.45) is 0 Å². The van der Waals surface area contributed by atoms with E-state index >= 15 is 0 Å². The molecule has 0 saturated carbocycles. The normalized spacial score (nSPS) is 10.2. The van der Waals surface area contributed by atoms with Crippen LogP contribution in [-0.4, -0.2) is 5.11 Å². The van der Waals surface area contributed by atoms with Gasteiger partial charge >= 0.3 is 0 Å². The molecule has 0 aliphatic carbocycles. The van der Waals surface area contributed by atoms with Crippen molar-refractivity contribution in [3.63, 3.8) is 0 Å².